The summed E-state index contributed by atoms with van der Waals surface area (Å²) in [7, 11) is 0. The van der Waals surface area contributed by atoms with Gasteiger partial charge in [-0.2, -0.15) is 0 Å². The van der Waals surface area contributed by atoms with Crippen molar-refractivity contribution in [3.05, 3.63) is 74.6 Å². The summed E-state index contributed by atoms with van der Waals surface area (Å²) in [4.78, 5) is 13.1. The van der Waals surface area contributed by atoms with E-state index in [-0.39, 0.29) is 5.63 Å². The SMILES string of the molecule is Cc1ccc2c(CNCCSc3ccc(Cl)cc3)cc(=O)oc2c1C. The van der Waals surface area contributed by atoms with Crippen molar-refractivity contribution in [3.63, 3.8) is 0 Å². The van der Waals surface area contributed by atoms with Gasteiger partial charge < -0.3 is 9.73 Å². The minimum atomic E-state index is -0.298. The molecule has 1 N–H and O–H groups in total. The molecule has 0 spiro atoms. The van der Waals surface area contributed by atoms with Crippen molar-refractivity contribution >= 4 is 34.3 Å². The first-order valence-corrected chi connectivity index (χ1v) is 9.53. The Hall–Kier alpha value is -1.75. The maximum Gasteiger partial charge on any atom is 0.336 e. The number of rotatable bonds is 6. The third-order valence-electron chi connectivity index (χ3n) is 4.19. The minimum absolute atomic E-state index is 0.298. The van der Waals surface area contributed by atoms with E-state index in [1.807, 2.05) is 44.2 Å². The molecule has 5 heteroatoms. The van der Waals surface area contributed by atoms with Gasteiger partial charge in [-0.15, -0.1) is 11.8 Å². The molecule has 0 aliphatic heterocycles. The molecule has 0 bridgehead atoms. The molecular formula is C20H20ClNO2S. The highest BCUT2D eigenvalue weighted by Gasteiger charge is 2.09. The topological polar surface area (TPSA) is 42.2 Å². The van der Waals surface area contributed by atoms with Crippen molar-refractivity contribution in [3.8, 4) is 0 Å². The molecule has 0 amide bonds. The maximum atomic E-state index is 11.9. The van der Waals surface area contributed by atoms with E-state index in [2.05, 4.69) is 11.4 Å². The largest absolute Gasteiger partial charge is 0.422 e. The average molecular weight is 374 g/mol. The molecule has 0 unspecified atom stereocenters. The number of hydrogen-bond donors (Lipinski definition) is 1. The van der Waals surface area contributed by atoms with E-state index in [9.17, 15) is 4.79 Å². The Kier molecular flexibility index (Phi) is 5.84. The molecule has 0 aliphatic carbocycles. The molecule has 0 atom stereocenters. The molecule has 2 aromatic carbocycles. The Labute approximate surface area is 156 Å². The quantitative estimate of drug-likeness (QED) is 0.377. The summed E-state index contributed by atoms with van der Waals surface area (Å²) in [5.41, 5.74) is 3.52. The van der Waals surface area contributed by atoms with Gasteiger partial charge in [-0.3, -0.25) is 0 Å². The van der Waals surface area contributed by atoms with E-state index < -0.39 is 0 Å². The summed E-state index contributed by atoms with van der Waals surface area (Å²) < 4.78 is 5.41. The molecule has 1 heterocycles. The Balaban J connectivity index is 1.62. The van der Waals surface area contributed by atoms with Gasteiger partial charge in [0, 0.05) is 40.2 Å². The highest BCUT2D eigenvalue weighted by molar-refractivity contribution is 7.99. The standard InChI is InChI=1S/C20H20ClNO2S/c1-13-3-8-18-15(11-19(23)24-20(18)14(13)2)12-22-9-10-25-17-6-4-16(21)5-7-17/h3-8,11,22H,9-10,12H2,1-2H3. The molecule has 130 valence electrons. The molecule has 0 fully saturated rings. The number of thioether (sulfide) groups is 1. The number of hydrogen-bond acceptors (Lipinski definition) is 4. The molecule has 3 aromatic rings. The predicted octanol–water partition coefficient (Wildman–Crippen LogP) is 4.95. The first kappa shape index (κ1) is 18.1. The van der Waals surface area contributed by atoms with Gasteiger partial charge in [0.25, 0.3) is 0 Å². The van der Waals surface area contributed by atoms with Crippen LogP contribution in [0.4, 0.5) is 0 Å². The smallest absolute Gasteiger partial charge is 0.336 e. The van der Waals surface area contributed by atoms with Gasteiger partial charge in [0.2, 0.25) is 0 Å². The van der Waals surface area contributed by atoms with Crippen LogP contribution in [0.5, 0.6) is 0 Å². The third kappa shape index (κ3) is 4.46. The zero-order valence-electron chi connectivity index (χ0n) is 14.3. The van der Waals surface area contributed by atoms with Gasteiger partial charge in [0.15, 0.2) is 0 Å². The summed E-state index contributed by atoms with van der Waals surface area (Å²) >= 11 is 7.66. The van der Waals surface area contributed by atoms with Gasteiger partial charge in [-0.1, -0.05) is 23.7 Å². The summed E-state index contributed by atoms with van der Waals surface area (Å²) in [5, 5.41) is 5.16. The summed E-state index contributed by atoms with van der Waals surface area (Å²) in [6.45, 7) is 5.50. The van der Waals surface area contributed by atoms with Crippen LogP contribution in [0.3, 0.4) is 0 Å². The third-order valence-corrected chi connectivity index (χ3v) is 5.46. The first-order chi connectivity index (χ1) is 12.0. The summed E-state index contributed by atoms with van der Waals surface area (Å²) in [6, 6.07) is 13.5. The van der Waals surface area contributed by atoms with E-state index in [0.717, 1.165) is 39.4 Å². The monoisotopic (exact) mass is 373 g/mol. The van der Waals surface area contributed by atoms with Crippen LogP contribution in [0.25, 0.3) is 11.0 Å². The van der Waals surface area contributed by atoms with Crippen LogP contribution in [0.1, 0.15) is 16.7 Å². The maximum absolute atomic E-state index is 11.9. The van der Waals surface area contributed by atoms with Crippen LogP contribution in [0.15, 0.2) is 56.6 Å². The fourth-order valence-electron chi connectivity index (χ4n) is 2.67. The van der Waals surface area contributed by atoms with Crippen LogP contribution in [0.2, 0.25) is 5.02 Å². The Morgan fingerprint density at radius 3 is 2.64 bits per heavy atom. The van der Waals surface area contributed by atoms with E-state index in [1.165, 1.54) is 4.90 Å². The minimum Gasteiger partial charge on any atom is -0.422 e. The van der Waals surface area contributed by atoms with Crippen molar-refractivity contribution in [2.45, 2.75) is 25.3 Å². The fourth-order valence-corrected chi connectivity index (χ4v) is 3.60. The predicted molar refractivity (Wildman–Crippen MR) is 106 cm³/mol. The molecule has 0 aliphatic rings. The number of fused-ring (bicyclic) bond motifs is 1. The van der Waals surface area contributed by atoms with Crippen molar-refractivity contribution < 1.29 is 4.42 Å². The van der Waals surface area contributed by atoms with Gasteiger partial charge in [-0.25, -0.2) is 4.79 Å². The second-order valence-corrected chi connectivity index (χ2v) is 7.56. The van der Waals surface area contributed by atoms with E-state index >= 15 is 0 Å². The number of aryl methyl sites for hydroxylation is 2. The highest BCUT2D eigenvalue weighted by Crippen LogP contribution is 2.23. The van der Waals surface area contributed by atoms with Crippen LogP contribution in [-0.4, -0.2) is 12.3 Å². The van der Waals surface area contributed by atoms with Crippen LogP contribution in [-0.2, 0) is 6.54 Å². The van der Waals surface area contributed by atoms with E-state index in [0.29, 0.717) is 12.1 Å². The average Bonchev–Trinajstić information content (AvgIpc) is 2.60. The van der Waals surface area contributed by atoms with Crippen molar-refractivity contribution in [2.75, 3.05) is 12.3 Å². The summed E-state index contributed by atoms with van der Waals surface area (Å²) in [5.74, 6) is 0.944. The fraction of sp³-hybridized carbons (Fsp3) is 0.250. The lowest BCUT2D eigenvalue weighted by Gasteiger charge is -2.10. The van der Waals surface area contributed by atoms with Crippen LogP contribution < -0.4 is 10.9 Å². The Bertz CT molecular complexity index is 935. The molecular weight excluding hydrogens is 354 g/mol. The second-order valence-electron chi connectivity index (χ2n) is 5.95. The highest BCUT2D eigenvalue weighted by atomic mass is 35.5. The van der Waals surface area contributed by atoms with Gasteiger partial charge >= 0.3 is 5.63 Å². The molecule has 0 radical (unpaired) electrons. The molecule has 1 aromatic heterocycles. The van der Waals surface area contributed by atoms with Crippen LogP contribution >= 0.6 is 23.4 Å². The van der Waals surface area contributed by atoms with E-state index in [1.54, 1.807) is 17.8 Å². The lowest BCUT2D eigenvalue weighted by molar-refractivity contribution is 0.554. The lowest BCUT2D eigenvalue weighted by Crippen LogP contribution is -2.18. The van der Waals surface area contributed by atoms with Crippen LogP contribution in [0, 0.1) is 13.8 Å². The van der Waals surface area contributed by atoms with Crippen molar-refractivity contribution in [2.24, 2.45) is 0 Å². The molecule has 25 heavy (non-hydrogen) atoms. The Morgan fingerprint density at radius 2 is 1.88 bits per heavy atom. The van der Waals surface area contributed by atoms with E-state index in [4.69, 9.17) is 16.0 Å². The molecule has 0 saturated carbocycles. The number of halogens is 1. The number of nitrogens with one attached hydrogen (secondary N) is 1. The first-order valence-electron chi connectivity index (χ1n) is 8.16. The zero-order chi connectivity index (χ0) is 17.8. The Morgan fingerprint density at radius 1 is 1.12 bits per heavy atom. The van der Waals surface area contributed by atoms with Gasteiger partial charge in [0.05, 0.1) is 0 Å². The molecule has 3 nitrogen and oxygen atoms in total. The van der Waals surface area contributed by atoms with Gasteiger partial charge in [0.1, 0.15) is 5.58 Å². The van der Waals surface area contributed by atoms with Crippen molar-refractivity contribution in [1.82, 2.24) is 5.32 Å². The second kappa shape index (κ2) is 8.09. The molecule has 0 saturated heterocycles. The normalized spacial score (nSPS) is 11.2. The lowest BCUT2D eigenvalue weighted by atomic mass is 10.0. The number of benzene rings is 2. The summed E-state index contributed by atoms with van der Waals surface area (Å²) in [6.07, 6.45) is 0. The zero-order valence-corrected chi connectivity index (χ0v) is 15.8. The molecule has 3 rings (SSSR count). The van der Waals surface area contributed by atoms with Gasteiger partial charge in [-0.05, 0) is 54.8 Å². The van der Waals surface area contributed by atoms with Crippen molar-refractivity contribution in [1.29, 1.82) is 0 Å².